The van der Waals surface area contributed by atoms with Crippen LogP contribution in [-0.4, -0.2) is 43.6 Å². The molecule has 2 aromatic rings. The van der Waals surface area contributed by atoms with Gasteiger partial charge in [-0.15, -0.1) is 0 Å². The molecule has 0 bridgehead atoms. The average Bonchev–Trinajstić information content (AvgIpc) is 2.45. The Balaban J connectivity index is 0.000000333. The zero-order valence-corrected chi connectivity index (χ0v) is 14.3. The van der Waals surface area contributed by atoms with Crippen LogP contribution in [0.2, 0.25) is 0 Å². The molecular formula is C14H15F3N2O5S. The molecule has 2 rings (SSSR count). The fourth-order valence-corrected chi connectivity index (χ4v) is 1.53. The van der Waals surface area contributed by atoms with Gasteiger partial charge in [0.15, 0.2) is 22.5 Å². The molecule has 0 aliphatic carbocycles. The molecular weight excluding hydrogens is 365 g/mol. The van der Waals surface area contributed by atoms with E-state index in [9.17, 15) is 18.0 Å². The van der Waals surface area contributed by atoms with Gasteiger partial charge in [-0.2, -0.15) is 13.2 Å². The van der Waals surface area contributed by atoms with Gasteiger partial charge in [-0.05, 0) is 17.5 Å². The Labute approximate surface area is 142 Å². The van der Waals surface area contributed by atoms with Crippen molar-refractivity contribution in [2.75, 3.05) is 14.1 Å². The molecule has 1 heterocycles. The Morgan fingerprint density at radius 2 is 1.76 bits per heavy atom. The van der Waals surface area contributed by atoms with Crippen LogP contribution in [0.4, 0.5) is 18.0 Å². The van der Waals surface area contributed by atoms with Crippen LogP contribution in [0.1, 0.15) is 0 Å². The molecule has 0 spiro atoms. The Morgan fingerprint density at radius 3 is 2.24 bits per heavy atom. The van der Waals surface area contributed by atoms with Crippen molar-refractivity contribution in [3.63, 3.8) is 0 Å². The Bertz CT molecular complexity index is 866. The number of nitrogens with zero attached hydrogens (tertiary/aromatic N) is 2. The number of pyridine rings is 1. The van der Waals surface area contributed by atoms with Gasteiger partial charge in [-0.1, -0.05) is 6.07 Å². The van der Waals surface area contributed by atoms with Crippen molar-refractivity contribution in [2.45, 2.75) is 5.51 Å². The van der Waals surface area contributed by atoms with Crippen molar-refractivity contribution in [1.82, 2.24) is 4.90 Å². The van der Waals surface area contributed by atoms with E-state index in [1.165, 1.54) is 4.90 Å². The largest absolute Gasteiger partial charge is 0.741 e. The summed E-state index contributed by atoms with van der Waals surface area (Å²) in [4.78, 5) is 12.8. The third-order valence-corrected chi connectivity index (χ3v) is 3.31. The van der Waals surface area contributed by atoms with E-state index < -0.39 is 15.6 Å². The van der Waals surface area contributed by atoms with Gasteiger partial charge in [0.1, 0.15) is 12.8 Å². The molecule has 138 valence electrons. The molecule has 0 atom stereocenters. The molecule has 1 amide bonds. The number of aryl methyl sites for hydroxylation is 1. The van der Waals surface area contributed by atoms with E-state index in [0.29, 0.717) is 5.75 Å². The lowest BCUT2D eigenvalue weighted by molar-refractivity contribution is -0.670. The standard InChI is InChI=1S/C13H15N2O2.CHF3O3S/c1-14(2)13(16)17-12-5-4-10-6-7-15(3)9-11(10)8-12;2-1(3,4)8(5,6)7/h4-9H,1-3H3;(H,5,6,7)/q+1;/p-1. The molecule has 1 aromatic carbocycles. The number of carbonyl (C=O) groups is 1. The number of ether oxygens (including phenoxy) is 1. The Kier molecular flexibility index (Phi) is 6.32. The molecule has 11 heteroatoms. The van der Waals surface area contributed by atoms with E-state index in [4.69, 9.17) is 17.7 Å². The van der Waals surface area contributed by atoms with Crippen molar-refractivity contribution in [2.24, 2.45) is 7.05 Å². The number of hydrogen-bond acceptors (Lipinski definition) is 5. The zero-order valence-electron chi connectivity index (χ0n) is 13.4. The van der Waals surface area contributed by atoms with Gasteiger partial charge < -0.3 is 14.2 Å². The van der Waals surface area contributed by atoms with Crippen LogP contribution in [0, 0.1) is 0 Å². The van der Waals surface area contributed by atoms with Crippen molar-refractivity contribution in [3.8, 4) is 5.75 Å². The summed E-state index contributed by atoms with van der Waals surface area (Å²) in [6, 6.07) is 7.61. The summed E-state index contributed by atoms with van der Waals surface area (Å²) in [7, 11) is -0.822. The second-order valence-corrected chi connectivity index (χ2v) is 6.43. The molecule has 1 aromatic heterocycles. The van der Waals surface area contributed by atoms with E-state index >= 15 is 0 Å². The molecule has 0 N–H and O–H groups in total. The second kappa shape index (κ2) is 7.66. The molecule has 0 radical (unpaired) electrons. The zero-order chi connectivity index (χ0) is 19.4. The lowest BCUT2D eigenvalue weighted by atomic mass is 10.2. The number of carbonyl (C=O) groups excluding carboxylic acids is 1. The lowest BCUT2D eigenvalue weighted by Crippen LogP contribution is -2.26. The molecule has 0 aliphatic heterocycles. The second-order valence-electron chi connectivity index (χ2n) is 5.06. The van der Waals surface area contributed by atoms with Gasteiger partial charge in [0.2, 0.25) is 0 Å². The number of alkyl halides is 3. The van der Waals surface area contributed by atoms with E-state index in [-0.39, 0.29) is 6.09 Å². The van der Waals surface area contributed by atoms with E-state index in [2.05, 4.69) is 0 Å². The molecule has 0 unspecified atom stereocenters. The fraction of sp³-hybridized carbons (Fsp3) is 0.286. The third kappa shape index (κ3) is 6.19. The fourth-order valence-electron chi connectivity index (χ4n) is 1.53. The van der Waals surface area contributed by atoms with Crippen LogP contribution in [0.5, 0.6) is 5.75 Å². The maximum absolute atomic E-state index is 11.4. The van der Waals surface area contributed by atoms with E-state index in [1.54, 1.807) is 20.2 Å². The molecule has 25 heavy (non-hydrogen) atoms. The molecule has 0 aliphatic rings. The molecule has 0 fully saturated rings. The third-order valence-electron chi connectivity index (χ3n) is 2.74. The van der Waals surface area contributed by atoms with Gasteiger partial charge in [0.05, 0.1) is 0 Å². The van der Waals surface area contributed by atoms with Gasteiger partial charge in [-0.3, -0.25) is 0 Å². The number of amides is 1. The highest BCUT2D eigenvalue weighted by atomic mass is 32.2. The van der Waals surface area contributed by atoms with Crippen LogP contribution in [-0.2, 0) is 17.2 Å². The highest BCUT2D eigenvalue weighted by Gasteiger charge is 2.36. The lowest BCUT2D eigenvalue weighted by Gasteiger charge is -2.10. The van der Waals surface area contributed by atoms with Crippen molar-refractivity contribution < 1.29 is 40.2 Å². The first kappa shape index (κ1) is 20.6. The summed E-state index contributed by atoms with van der Waals surface area (Å²) in [6.45, 7) is 0. The molecule has 7 nitrogen and oxygen atoms in total. The maximum atomic E-state index is 11.4. The average molecular weight is 380 g/mol. The summed E-state index contributed by atoms with van der Waals surface area (Å²) < 4.78 is 66.1. The first-order chi connectivity index (χ1) is 11.3. The first-order valence-electron chi connectivity index (χ1n) is 6.61. The number of fused-ring (bicyclic) bond motifs is 1. The molecule has 0 saturated carbocycles. The van der Waals surface area contributed by atoms with Crippen LogP contribution in [0.15, 0.2) is 36.7 Å². The van der Waals surface area contributed by atoms with Gasteiger partial charge in [0.25, 0.3) is 0 Å². The smallest absolute Gasteiger partial charge is 0.485 e. The van der Waals surface area contributed by atoms with Gasteiger partial charge in [-0.25, -0.2) is 17.8 Å². The number of hydrogen-bond donors (Lipinski definition) is 0. The van der Waals surface area contributed by atoms with Crippen LogP contribution < -0.4 is 9.30 Å². The summed E-state index contributed by atoms with van der Waals surface area (Å²) in [5.41, 5.74) is -5.65. The quantitative estimate of drug-likeness (QED) is 0.427. The number of benzene rings is 1. The highest BCUT2D eigenvalue weighted by Crippen LogP contribution is 2.20. The Morgan fingerprint density at radius 1 is 1.20 bits per heavy atom. The minimum atomic E-state index is -6.09. The summed E-state index contributed by atoms with van der Waals surface area (Å²) in [5.74, 6) is 0.558. The topological polar surface area (TPSA) is 90.6 Å². The van der Waals surface area contributed by atoms with Crippen LogP contribution in [0.3, 0.4) is 0 Å². The SMILES string of the molecule is CN(C)C(=O)Oc1ccc2cc[n+](C)cc2c1.O=S(=O)([O-])C(F)(F)F. The van der Waals surface area contributed by atoms with Gasteiger partial charge in [0, 0.05) is 25.5 Å². The highest BCUT2D eigenvalue weighted by molar-refractivity contribution is 7.86. The minimum absolute atomic E-state index is 0.371. The van der Waals surface area contributed by atoms with E-state index in [1.807, 2.05) is 42.2 Å². The predicted octanol–water partition coefficient (Wildman–Crippen LogP) is 1.78. The Hall–Kier alpha value is -2.40. The monoisotopic (exact) mass is 380 g/mol. The maximum Gasteiger partial charge on any atom is 0.485 e. The number of aromatic nitrogens is 1. The van der Waals surface area contributed by atoms with E-state index in [0.717, 1.165) is 10.8 Å². The summed E-state index contributed by atoms with van der Waals surface area (Å²) >= 11 is 0. The summed E-state index contributed by atoms with van der Waals surface area (Å²) in [5, 5.41) is 2.16. The van der Waals surface area contributed by atoms with Crippen molar-refractivity contribution >= 4 is 27.0 Å². The van der Waals surface area contributed by atoms with Crippen LogP contribution >= 0.6 is 0 Å². The normalized spacial score (nSPS) is 11.5. The molecule has 0 saturated heterocycles. The van der Waals surface area contributed by atoms with Crippen LogP contribution in [0.25, 0.3) is 10.8 Å². The number of rotatable bonds is 1. The minimum Gasteiger partial charge on any atom is -0.741 e. The van der Waals surface area contributed by atoms with Gasteiger partial charge >= 0.3 is 11.6 Å². The summed E-state index contributed by atoms with van der Waals surface area (Å²) in [6.07, 6.45) is 3.60. The predicted molar refractivity (Wildman–Crippen MR) is 80.6 cm³/mol. The first-order valence-corrected chi connectivity index (χ1v) is 8.02. The number of halogens is 3. The van der Waals surface area contributed by atoms with Crippen molar-refractivity contribution in [3.05, 3.63) is 36.7 Å². The van der Waals surface area contributed by atoms with Crippen molar-refractivity contribution in [1.29, 1.82) is 0 Å².